The van der Waals surface area contributed by atoms with Gasteiger partial charge in [-0.3, -0.25) is 9.69 Å². The lowest BCUT2D eigenvalue weighted by Crippen LogP contribution is -2.35. The van der Waals surface area contributed by atoms with Crippen molar-refractivity contribution in [3.8, 4) is 11.5 Å². The lowest BCUT2D eigenvalue weighted by molar-refractivity contribution is -0.118. The van der Waals surface area contributed by atoms with Gasteiger partial charge in [0.1, 0.15) is 24.9 Å². The number of aromatic nitrogens is 2. The lowest BCUT2D eigenvalue weighted by atomic mass is 10.0. The third-order valence-corrected chi connectivity index (χ3v) is 8.02. The van der Waals surface area contributed by atoms with E-state index in [1.807, 2.05) is 6.92 Å². The Morgan fingerprint density at radius 3 is 2.68 bits per heavy atom. The van der Waals surface area contributed by atoms with Gasteiger partial charge in [0.2, 0.25) is 15.9 Å². The number of anilines is 1. The molecule has 31 heavy (non-hydrogen) atoms. The molecule has 2 aromatic rings. The maximum atomic E-state index is 13.5. The lowest BCUT2D eigenvalue weighted by Gasteiger charge is -2.28. The third-order valence-electron chi connectivity index (χ3n) is 6.11. The van der Waals surface area contributed by atoms with Gasteiger partial charge in [-0.1, -0.05) is 0 Å². The minimum Gasteiger partial charge on any atom is -0.486 e. The highest BCUT2D eigenvalue weighted by atomic mass is 32.2. The summed E-state index contributed by atoms with van der Waals surface area (Å²) in [5.41, 5.74) is 1.74. The van der Waals surface area contributed by atoms with Crippen molar-refractivity contribution in [3.63, 3.8) is 0 Å². The molecule has 0 N–H and O–H groups in total. The van der Waals surface area contributed by atoms with E-state index in [9.17, 15) is 13.2 Å². The number of ether oxygens (including phenoxy) is 2. The van der Waals surface area contributed by atoms with Gasteiger partial charge in [-0.05, 0) is 38.3 Å². The van der Waals surface area contributed by atoms with Crippen molar-refractivity contribution in [2.45, 2.75) is 43.5 Å². The Morgan fingerprint density at radius 2 is 1.87 bits per heavy atom. The SMILES string of the molecule is Cc1nc([C@@H]2CCCN2S(=O)(=O)c2ccc3c(c2)OCCO3)nc2c1CCC(=O)N2C. The molecule has 0 spiro atoms. The van der Waals surface area contributed by atoms with Crippen molar-refractivity contribution in [2.75, 3.05) is 31.7 Å². The monoisotopic (exact) mass is 444 g/mol. The first-order chi connectivity index (χ1) is 14.9. The molecular weight excluding hydrogens is 420 g/mol. The molecule has 1 fully saturated rings. The van der Waals surface area contributed by atoms with Crippen LogP contribution in [0.25, 0.3) is 0 Å². The number of benzene rings is 1. The normalized spacial score (nSPS) is 21.3. The van der Waals surface area contributed by atoms with Gasteiger partial charge in [0.05, 0.1) is 10.9 Å². The molecular formula is C21H24N4O5S. The summed E-state index contributed by atoms with van der Waals surface area (Å²) in [7, 11) is -2.09. The molecule has 4 heterocycles. The predicted molar refractivity (Wildman–Crippen MR) is 112 cm³/mol. The average molecular weight is 445 g/mol. The quantitative estimate of drug-likeness (QED) is 0.713. The van der Waals surface area contributed by atoms with Crippen LogP contribution in [0.1, 0.15) is 42.4 Å². The summed E-state index contributed by atoms with van der Waals surface area (Å²) < 4.78 is 39.5. The van der Waals surface area contributed by atoms with Crippen LogP contribution in [0.5, 0.6) is 11.5 Å². The molecule has 0 unspecified atom stereocenters. The number of nitrogens with zero attached hydrogens (tertiary/aromatic N) is 4. The van der Waals surface area contributed by atoms with Gasteiger partial charge in [0.15, 0.2) is 11.5 Å². The van der Waals surface area contributed by atoms with Crippen LogP contribution in [-0.4, -0.2) is 55.4 Å². The highest BCUT2D eigenvalue weighted by molar-refractivity contribution is 7.89. The molecule has 0 bridgehead atoms. The van der Waals surface area contributed by atoms with Gasteiger partial charge in [-0.15, -0.1) is 0 Å². The standard InChI is InChI=1S/C21H24N4O5S/c1-13-15-6-8-19(26)24(2)21(15)23-20(22-13)16-4-3-9-25(16)31(27,28)14-5-7-17-18(12-14)30-11-10-29-17/h5,7,12,16H,3-4,6,8-11H2,1-2H3/t16-/m0/s1. The fourth-order valence-corrected chi connectivity index (χ4v) is 6.12. The fraction of sp³-hybridized carbons (Fsp3) is 0.476. The summed E-state index contributed by atoms with van der Waals surface area (Å²) in [6, 6.07) is 4.22. The number of amides is 1. The van der Waals surface area contributed by atoms with E-state index in [1.165, 1.54) is 10.4 Å². The van der Waals surface area contributed by atoms with Crippen molar-refractivity contribution in [3.05, 3.63) is 35.3 Å². The highest BCUT2D eigenvalue weighted by Crippen LogP contribution is 2.39. The van der Waals surface area contributed by atoms with Crippen LogP contribution in [0.4, 0.5) is 5.82 Å². The zero-order valence-electron chi connectivity index (χ0n) is 17.5. The molecule has 164 valence electrons. The molecule has 0 saturated carbocycles. The molecule has 0 radical (unpaired) electrons. The molecule has 1 atom stereocenters. The van der Waals surface area contributed by atoms with Crippen molar-refractivity contribution in [1.82, 2.24) is 14.3 Å². The van der Waals surface area contributed by atoms with Gasteiger partial charge in [0, 0.05) is 37.3 Å². The smallest absolute Gasteiger partial charge is 0.243 e. The summed E-state index contributed by atoms with van der Waals surface area (Å²) in [6.07, 6.45) is 2.37. The predicted octanol–water partition coefficient (Wildman–Crippen LogP) is 1.99. The van der Waals surface area contributed by atoms with Crippen LogP contribution < -0.4 is 14.4 Å². The number of carbonyl (C=O) groups is 1. The Hall–Kier alpha value is -2.72. The van der Waals surface area contributed by atoms with Crippen LogP contribution in [0, 0.1) is 6.92 Å². The van der Waals surface area contributed by atoms with E-state index in [-0.39, 0.29) is 10.8 Å². The number of aryl methyl sites for hydroxylation is 1. The third kappa shape index (κ3) is 3.34. The number of carbonyl (C=O) groups excluding carboxylic acids is 1. The zero-order chi connectivity index (χ0) is 21.8. The van der Waals surface area contributed by atoms with Gasteiger partial charge >= 0.3 is 0 Å². The first kappa shape index (κ1) is 20.2. The second-order valence-electron chi connectivity index (χ2n) is 8.00. The van der Waals surface area contributed by atoms with E-state index < -0.39 is 16.1 Å². The topological polar surface area (TPSA) is 102 Å². The summed E-state index contributed by atoms with van der Waals surface area (Å²) in [5.74, 6) is 2.01. The maximum absolute atomic E-state index is 13.5. The number of rotatable bonds is 3. The van der Waals surface area contributed by atoms with Crippen molar-refractivity contribution >= 4 is 21.7 Å². The molecule has 1 aromatic heterocycles. The number of hydrogen-bond donors (Lipinski definition) is 0. The molecule has 10 heteroatoms. The number of sulfonamides is 1. The molecule has 1 aromatic carbocycles. The average Bonchev–Trinajstić information content (AvgIpc) is 3.27. The van der Waals surface area contributed by atoms with Gasteiger partial charge in [-0.2, -0.15) is 4.31 Å². The van der Waals surface area contributed by atoms with E-state index in [0.29, 0.717) is 68.6 Å². The fourth-order valence-electron chi connectivity index (χ4n) is 4.44. The minimum absolute atomic E-state index is 0.00345. The molecule has 5 rings (SSSR count). The van der Waals surface area contributed by atoms with E-state index >= 15 is 0 Å². The van der Waals surface area contributed by atoms with Crippen molar-refractivity contribution in [1.29, 1.82) is 0 Å². The summed E-state index contributed by atoms with van der Waals surface area (Å²) in [6.45, 7) is 3.11. The molecule has 1 saturated heterocycles. The minimum atomic E-state index is -3.79. The van der Waals surface area contributed by atoms with Crippen molar-refractivity contribution < 1.29 is 22.7 Å². The highest BCUT2D eigenvalue weighted by Gasteiger charge is 2.39. The van der Waals surface area contributed by atoms with E-state index in [2.05, 4.69) is 9.97 Å². The Morgan fingerprint density at radius 1 is 1.10 bits per heavy atom. The molecule has 3 aliphatic heterocycles. The molecule has 0 aliphatic carbocycles. The Balaban J connectivity index is 1.52. The van der Waals surface area contributed by atoms with Crippen LogP contribution in [0.2, 0.25) is 0 Å². The first-order valence-electron chi connectivity index (χ1n) is 10.4. The van der Waals surface area contributed by atoms with E-state index in [4.69, 9.17) is 9.47 Å². The van der Waals surface area contributed by atoms with Crippen LogP contribution in [-0.2, 0) is 21.2 Å². The van der Waals surface area contributed by atoms with E-state index in [0.717, 1.165) is 11.3 Å². The maximum Gasteiger partial charge on any atom is 0.243 e. The second-order valence-corrected chi connectivity index (χ2v) is 9.89. The number of hydrogen-bond acceptors (Lipinski definition) is 7. The molecule has 3 aliphatic rings. The molecule has 1 amide bonds. The summed E-state index contributed by atoms with van der Waals surface area (Å²) >= 11 is 0. The second kappa shape index (κ2) is 7.45. The Bertz CT molecular complexity index is 1170. The molecule has 9 nitrogen and oxygen atoms in total. The largest absolute Gasteiger partial charge is 0.486 e. The number of fused-ring (bicyclic) bond motifs is 2. The van der Waals surface area contributed by atoms with Crippen LogP contribution in [0.3, 0.4) is 0 Å². The van der Waals surface area contributed by atoms with Gasteiger partial charge < -0.3 is 9.47 Å². The summed E-state index contributed by atoms with van der Waals surface area (Å²) in [5, 5.41) is 0. The van der Waals surface area contributed by atoms with E-state index in [1.54, 1.807) is 24.1 Å². The van der Waals surface area contributed by atoms with Crippen LogP contribution >= 0.6 is 0 Å². The van der Waals surface area contributed by atoms with Gasteiger partial charge in [0.25, 0.3) is 0 Å². The van der Waals surface area contributed by atoms with Crippen molar-refractivity contribution in [2.24, 2.45) is 0 Å². The Labute approximate surface area is 181 Å². The first-order valence-corrected chi connectivity index (χ1v) is 11.9. The van der Waals surface area contributed by atoms with Crippen LogP contribution in [0.15, 0.2) is 23.1 Å². The van der Waals surface area contributed by atoms with Gasteiger partial charge in [-0.25, -0.2) is 18.4 Å². The Kier molecular flexibility index (Phi) is 4.86. The zero-order valence-corrected chi connectivity index (χ0v) is 18.3. The summed E-state index contributed by atoms with van der Waals surface area (Å²) in [4.78, 5) is 23.2.